The van der Waals surface area contributed by atoms with Crippen molar-refractivity contribution in [1.82, 2.24) is 10.2 Å². The fourth-order valence-corrected chi connectivity index (χ4v) is 3.26. The molecule has 0 spiro atoms. The summed E-state index contributed by atoms with van der Waals surface area (Å²) in [6, 6.07) is 11.9. The van der Waals surface area contributed by atoms with Crippen LogP contribution >= 0.6 is 0 Å². The molecular formula is C18H28N2O2. The Morgan fingerprint density at radius 3 is 2.50 bits per heavy atom. The zero-order valence-electron chi connectivity index (χ0n) is 13.8. The van der Waals surface area contributed by atoms with Crippen LogP contribution in [-0.2, 0) is 4.79 Å². The monoisotopic (exact) mass is 304 g/mol. The number of nitrogens with zero attached hydrogens (tertiary/aromatic N) is 1. The van der Waals surface area contributed by atoms with E-state index in [0.29, 0.717) is 24.0 Å². The van der Waals surface area contributed by atoms with Gasteiger partial charge in [-0.3, -0.25) is 9.69 Å². The number of aliphatic carboxylic acids is 1. The van der Waals surface area contributed by atoms with Crippen molar-refractivity contribution in [3.05, 3.63) is 35.9 Å². The van der Waals surface area contributed by atoms with E-state index in [9.17, 15) is 4.79 Å². The first-order valence-electron chi connectivity index (χ1n) is 8.28. The van der Waals surface area contributed by atoms with Crippen LogP contribution < -0.4 is 5.32 Å². The third-order valence-electron chi connectivity index (χ3n) is 4.95. The van der Waals surface area contributed by atoms with Gasteiger partial charge in [-0.15, -0.1) is 0 Å². The molecule has 1 aromatic rings. The molecule has 1 fully saturated rings. The van der Waals surface area contributed by atoms with Gasteiger partial charge in [0, 0.05) is 18.1 Å². The summed E-state index contributed by atoms with van der Waals surface area (Å²) < 4.78 is 0. The van der Waals surface area contributed by atoms with Crippen molar-refractivity contribution in [2.24, 2.45) is 0 Å². The van der Waals surface area contributed by atoms with Crippen LogP contribution in [0.2, 0.25) is 0 Å². The molecule has 4 heteroatoms. The number of hydrogen-bond donors (Lipinski definition) is 2. The molecular weight excluding hydrogens is 276 g/mol. The van der Waals surface area contributed by atoms with E-state index in [0.717, 1.165) is 19.4 Å². The SMILES string of the molecule is CCN(CC(=O)O)C1CC(NC(C)C(C)c2ccccc2)C1. The highest BCUT2D eigenvalue weighted by Crippen LogP contribution is 2.28. The number of rotatable bonds is 8. The lowest BCUT2D eigenvalue weighted by Gasteiger charge is -2.44. The Balaban J connectivity index is 1.78. The van der Waals surface area contributed by atoms with E-state index in [4.69, 9.17) is 5.11 Å². The zero-order chi connectivity index (χ0) is 16.1. The molecule has 0 aliphatic heterocycles. The number of likely N-dealkylation sites (N-methyl/N-ethyl adjacent to an activating group) is 1. The largest absolute Gasteiger partial charge is 0.480 e. The van der Waals surface area contributed by atoms with Gasteiger partial charge in [-0.1, -0.05) is 44.2 Å². The summed E-state index contributed by atoms with van der Waals surface area (Å²) >= 11 is 0. The summed E-state index contributed by atoms with van der Waals surface area (Å²) in [6.07, 6.45) is 2.10. The van der Waals surface area contributed by atoms with Gasteiger partial charge >= 0.3 is 5.97 Å². The molecule has 1 aromatic carbocycles. The second-order valence-corrected chi connectivity index (χ2v) is 6.43. The summed E-state index contributed by atoms with van der Waals surface area (Å²) in [7, 11) is 0. The molecule has 2 atom stereocenters. The molecule has 1 saturated carbocycles. The van der Waals surface area contributed by atoms with E-state index in [-0.39, 0.29) is 6.54 Å². The average molecular weight is 304 g/mol. The zero-order valence-corrected chi connectivity index (χ0v) is 13.8. The van der Waals surface area contributed by atoms with Gasteiger partial charge in [-0.2, -0.15) is 0 Å². The lowest BCUT2D eigenvalue weighted by Crippen LogP contribution is -2.55. The van der Waals surface area contributed by atoms with Crippen LogP contribution in [0, 0.1) is 0 Å². The van der Waals surface area contributed by atoms with Crippen LogP contribution in [0.25, 0.3) is 0 Å². The molecule has 1 aliphatic rings. The predicted molar refractivity (Wildman–Crippen MR) is 89.1 cm³/mol. The maximum absolute atomic E-state index is 10.9. The molecule has 0 heterocycles. The molecule has 0 saturated heterocycles. The normalized spacial score (nSPS) is 23.8. The van der Waals surface area contributed by atoms with Gasteiger partial charge in [-0.25, -0.2) is 0 Å². The Morgan fingerprint density at radius 2 is 1.95 bits per heavy atom. The quantitative estimate of drug-likeness (QED) is 0.775. The number of carboxylic acids is 1. The highest BCUT2D eigenvalue weighted by molar-refractivity contribution is 5.69. The summed E-state index contributed by atoms with van der Waals surface area (Å²) in [4.78, 5) is 12.9. The molecule has 1 aliphatic carbocycles. The van der Waals surface area contributed by atoms with Crippen LogP contribution in [0.15, 0.2) is 30.3 Å². The molecule has 0 bridgehead atoms. The molecule has 2 rings (SSSR count). The molecule has 0 amide bonds. The van der Waals surface area contributed by atoms with Crippen molar-refractivity contribution in [1.29, 1.82) is 0 Å². The first-order valence-corrected chi connectivity index (χ1v) is 8.28. The predicted octanol–water partition coefficient (Wildman–Crippen LogP) is 2.71. The Labute approximate surface area is 133 Å². The van der Waals surface area contributed by atoms with Crippen molar-refractivity contribution >= 4 is 5.97 Å². The Kier molecular flexibility index (Phi) is 5.98. The maximum atomic E-state index is 10.9. The summed E-state index contributed by atoms with van der Waals surface area (Å²) in [5.41, 5.74) is 1.36. The molecule has 122 valence electrons. The van der Waals surface area contributed by atoms with Gasteiger partial charge in [0.25, 0.3) is 0 Å². The van der Waals surface area contributed by atoms with E-state index in [1.54, 1.807) is 0 Å². The van der Waals surface area contributed by atoms with E-state index in [2.05, 4.69) is 48.3 Å². The van der Waals surface area contributed by atoms with Crippen molar-refractivity contribution in [3.8, 4) is 0 Å². The third kappa shape index (κ3) is 4.31. The Bertz CT molecular complexity index is 471. The summed E-state index contributed by atoms with van der Waals surface area (Å²) in [5.74, 6) is -0.258. The maximum Gasteiger partial charge on any atom is 0.317 e. The fraction of sp³-hybridized carbons (Fsp3) is 0.611. The lowest BCUT2D eigenvalue weighted by atomic mass is 9.83. The smallest absolute Gasteiger partial charge is 0.317 e. The lowest BCUT2D eigenvalue weighted by molar-refractivity contribution is -0.139. The average Bonchev–Trinajstić information content (AvgIpc) is 2.48. The van der Waals surface area contributed by atoms with E-state index < -0.39 is 5.97 Å². The minimum absolute atomic E-state index is 0.157. The van der Waals surface area contributed by atoms with Gasteiger partial charge in [-0.05, 0) is 37.8 Å². The second-order valence-electron chi connectivity index (χ2n) is 6.43. The highest BCUT2D eigenvalue weighted by atomic mass is 16.4. The Morgan fingerprint density at radius 1 is 1.32 bits per heavy atom. The number of hydrogen-bond acceptors (Lipinski definition) is 3. The molecule has 22 heavy (non-hydrogen) atoms. The van der Waals surface area contributed by atoms with Gasteiger partial charge in [0.2, 0.25) is 0 Å². The number of nitrogens with one attached hydrogen (secondary N) is 1. The van der Waals surface area contributed by atoms with Crippen LogP contribution in [0.3, 0.4) is 0 Å². The number of benzene rings is 1. The van der Waals surface area contributed by atoms with Crippen LogP contribution in [0.5, 0.6) is 0 Å². The van der Waals surface area contributed by atoms with Gasteiger partial charge in [0.05, 0.1) is 6.54 Å². The minimum atomic E-state index is -0.732. The van der Waals surface area contributed by atoms with E-state index in [1.165, 1.54) is 5.56 Å². The summed E-state index contributed by atoms with van der Waals surface area (Å²) in [6.45, 7) is 7.49. The van der Waals surface area contributed by atoms with Crippen molar-refractivity contribution in [3.63, 3.8) is 0 Å². The molecule has 0 radical (unpaired) electrons. The van der Waals surface area contributed by atoms with Crippen LogP contribution in [0.1, 0.15) is 45.1 Å². The molecule has 2 unspecified atom stereocenters. The van der Waals surface area contributed by atoms with E-state index >= 15 is 0 Å². The first-order chi connectivity index (χ1) is 10.5. The standard InChI is InChI=1S/C18H28N2O2/c1-4-20(12-18(21)22)17-10-16(11-17)19-14(3)13(2)15-8-6-5-7-9-15/h5-9,13-14,16-17,19H,4,10-12H2,1-3H3,(H,21,22). The topological polar surface area (TPSA) is 52.6 Å². The number of carbonyl (C=O) groups is 1. The molecule has 0 aromatic heterocycles. The van der Waals surface area contributed by atoms with Gasteiger partial charge < -0.3 is 10.4 Å². The van der Waals surface area contributed by atoms with Crippen LogP contribution in [0.4, 0.5) is 0 Å². The van der Waals surface area contributed by atoms with Gasteiger partial charge in [0.1, 0.15) is 0 Å². The highest BCUT2D eigenvalue weighted by Gasteiger charge is 2.34. The molecule has 4 nitrogen and oxygen atoms in total. The minimum Gasteiger partial charge on any atom is -0.480 e. The second kappa shape index (κ2) is 7.75. The van der Waals surface area contributed by atoms with Crippen LogP contribution in [-0.4, -0.2) is 47.2 Å². The van der Waals surface area contributed by atoms with Crippen molar-refractivity contribution < 1.29 is 9.90 Å². The Hall–Kier alpha value is -1.39. The molecule has 2 N–H and O–H groups in total. The number of carboxylic acid groups (broad SMARTS) is 1. The van der Waals surface area contributed by atoms with Crippen molar-refractivity contribution in [2.45, 2.75) is 57.7 Å². The summed E-state index contributed by atoms with van der Waals surface area (Å²) in [5, 5.41) is 12.6. The fourth-order valence-electron chi connectivity index (χ4n) is 3.26. The first kappa shape index (κ1) is 17.0. The van der Waals surface area contributed by atoms with E-state index in [1.807, 2.05) is 13.0 Å². The van der Waals surface area contributed by atoms with Gasteiger partial charge in [0.15, 0.2) is 0 Å². The third-order valence-corrected chi connectivity index (χ3v) is 4.95. The van der Waals surface area contributed by atoms with Crippen molar-refractivity contribution in [2.75, 3.05) is 13.1 Å².